The highest BCUT2D eigenvalue weighted by molar-refractivity contribution is 6.08. The number of nitrogens with one attached hydrogen (secondary N) is 3. The number of nitrogens with two attached hydrogens (primary N) is 1. The molecule has 0 spiro atoms. The van der Waals surface area contributed by atoms with Gasteiger partial charge in [0, 0.05) is 12.2 Å². The molecule has 27 heavy (non-hydrogen) atoms. The number of H-pyrrole nitrogens is 1. The van der Waals surface area contributed by atoms with Crippen LogP contribution in [0.5, 0.6) is 0 Å². The summed E-state index contributed by atoms with van der Waals surface area (Å²) >= 11 is 0. The second-order valence-electron chi connectivity index (χ2n) is 6.63. The number of carbonyl (C=O) groups is 2. The molecule has 0 bridgehead atoms. The minimum Gasteiger partial charge on any atom is -0.348 e. The van der Waals surface area contributed by atoms with Crippen molar-refractivity contribution in [3.05, 3.63) is 47.3 Å². The second-order valence-corrected chi connectivity index (χ2v) is 6.63. The van der Waals surface area contributed by atoms with E-state index in [-0.39, 0.29) is 17.4 Å². The molecule has 144 valence electrons. The molecular formula is C18H21F2N5O2. The van der Waals surface area contributed by atoms with Gasteiger partial charge in [-0.05, 0) is 50.3 Å². The van der Waals surface area contributed by atoms with Gasteiger partial charge in [-0.3, -0.25) is 14.7 Å². The Morgan fingerprint density at radius 3 is 2.44 bits per heavy atom. The van der Waals surface area contributed by atoms with Crippen molar-refractivity contribution in [1.82, 2.24) is 15.5 Å². The summed E-state index contributed by atoms with van der Waals surface area (Å²) in [5.41, 5.74) is 4.96. The summed E-state index contributed by atoms with van der Waals surface area (Å²) in [6.45, 7) is 0.642. The highest BCUT2D eigenvalue weighted by atomic mass is 19.1. The molecule has 7 nitrogen and oxygen atoms in total. The minimum atomic E-state index is -0.996. The third-order valence-electron chi connectivity index (χ3n) is 4.81. The summed E-state index contributed by atoms with van der Waals surface area (Å²) < 4.78 is 27.5. The monoisotopic (exact) mass is 377 g/mol. The Hall–Kier alpha value is -2.81. The van der Waals surface area contributed by atoms with Crippen LogP contribution in [0.2, 0.25) is 0 Å². The second kappa shape index (κ2) is 8.26. The van der Waals surface area contributed by atoms with Gasteiger partial charge >= 0.3 is 0 Å². The molecular weight excluding hydrogens is 356 g/mol. The lowest BCUT2D eigenvalue weighted by molar-refractivity contribution is 0.0918. The predicted octanol–water partition coefficient (Wildman–Crippen LogP) is 2.19. The summed E-state index contributed by atoms with van der Waals surface area (Å²) in [5, 5.41) is 11.5. The van der Waals surface area contributed by atoms with Crippen molar-refractivity contribution < 1.29 is 18.4 Å². The standard InChI is InChI=1S/C18H21F2N5O2/c19-12-2-1-3-13(20)15(12)17(26)24-14-9-22-25-16(14)18(27)23-11-6-4-10(8-21)5-7-11/h1-3,9-11H,4-8,21H2,(H,22,25)(H,23,27)(H,24,26). The molecule has 1 aromatic carbocycles. The quantitative estimate of drug-likeness (QED) is 0.640. The molecule has 9 heteroatoms. The summed E-state index contributed by atoms with van der Waals surface area (Å²) in [6, 6.07) is 3.14. The van der Waals surface area contributed by atoms with Crippen LogP contribution >= 0.6 is 0 Å². The third kappa shape index (κ3) is 4.30. The van der Waals surface area contributed by atoms with E-state index < -0.39 is 29.0 Å². The number of nitrogens with zero attached hydrogens (tertiary/aromatic N) is 1. The summed E-state index contributed by atoms with van der Waals surface area (Å²) in [5.74, 6) is -2.95. The van der Waals surface area contributed by atoms with Crippen molar-refractivity contribution in [2.24, 2.45) is 11.7 Å². The Morgan fingerprint density at radius 2 is 1.81 bits per heavy atom. The molecule has 1 aliphatic carbocycles. The maximum absolute atomic E-state index is 13.7. The first-order valence-electron chi connectivity index (χ1n) is 8.79. The fraction of sp³-hybridized carbons (Fsp3) is 0.389. The van der Waals surface area contributed by atoms with Crippen molar-refractivity contribution in [3.63, 3.8) is 0 Å². The smallest absolute Gasteiger partial charge is 0.274 e. The van der Waals surface area contributed by atoms with Crippen LogP contribution in [0.25, 0.3) is 0 Å². The zero-order valence-corrected chi connectivity index (χ0v) is 14.6. The first-order valence-corrected chi connectivity index (χ1v) is 8.79. The fourth-order valence-corrected chi connectivity index (χ4v) is 3.25. The fourth-order valence-electron chi connectivity index (χ4n) is 3.25. The molecule has 2 amide bonds. The SMILES string of the molecule is NCC1CCC(NC(=O)c2n[nH]cc2NC(=O)c2c(F)cccc2F)CC1. The van der Waals surface area contributed by atoms with Crippen molar-refractivity contribution in [3.8, 4) is 0 Å². The van der Waals surface area contributed by atoms with Crippen LogP contribution in [0.1, 0.15) is 46.5 Å². The molecule has 0 radical (unpaired) electrons. The van der Waals surface area contributed by atoms with E-state index in [9.17, 15) is 18.4 Å². The zero-order chi connectivity index (χ0) is 19.4. The molecule has 0 atom stereocenters. The Morgan fingerprint density at radius 1 is 1.15 bits per heavy atom. The van der Waals surface area contributed by atoms with Crippen molar-refractivity contribution in [2.75, 3.05) is 11.9 Å². The van der Waals surface area contributed by atoms with E-state index in [1.807, 2.05) is 0 Å². The molecule has 1 fully saturated rings. The lowest BCUT2D eigenvalue weighted by atomic mass is 9.86. The highest BCUT2D eigenvalue weighted by Crippen LogP contribution is 2.24. The van der Waals surface area contributed by atoms with Gasteiger partial charge < -0.3 is 16.4 Å². The number of rotatable bonds is 5. The number of aromatic nitrogens is 2. The van der Waals surface area contributed by atoms with Crippen LogP contribution in [0.15, 0.2) is 24.4 Å². The van der Waals surface area contributed by atoms with E-state index in [0.29, 0.717) is 12.5 Å². The van der Waals surface area contributed by atoms with Gasteiger partial charge in [-0.15, -0.1) is 0 Å². The van der Waals surface area contributed by atoms with Crippen molar-refractivity contribution >= 4 is 17.5 Å². The van der Waals surface area contributed by atoms with E-state index in [0.717, 1.165) is 43.9 Å². The Kier molecular flexibility index (Phi) is 5.80. The normalized spacial score (nSPS) is 19.5. The molecule has 0 aliphatic heterocycles. The average Bonchev–Trinajstić information content (AvgIpc) is 3.10. The largest absolute Gasteiger partial charge is 0.348 e. The van der Waals surface area contributed by atoms with Crippen LogP contribution < -0.4 is 16.4 Å². The Balaban J connectivity index is 1.67. The maximum Gasteiger partial charge on any atom is 0.274 e. The van der Waals surface area contributed by atoms with Gasteiger partial charge in [-0.2, -0.15) is 5.10 Å². The number of carbonyl (C=O) groups excluding carboxylic acids is 2. The third-order valence-corrected chi connectivity index (χ3v) is 4.81. The molecule has 2 aromatic rings. The number of amides is 2. The highest BCUT2D eigenvalue weighted by Gasteiger charge is 2.25. The summed E-state index contributed by atoms with van der Waals surface area (Å²) in [4.78, 5) is 24.7. The molecule has 1 heterocycles. The van der Waals surface area contributed by atoms with Gasteiger partial charge in [0.15, 0.2) is 5.69 Å². The van der Waals surface area contributed by atoms with E-state index in [4.69, 9.17) is 5.73 Å². The molecule has 5 N–H and O–H groups in total. The van der Waals surface area contributed by atoms with Crippen LogP contribution in [0, 0.1) is 17.6 Å². The minimum absolute atomic E-state index is 0.00423. The molecule has 3 rings (SSSR count). The van der Waals surface area contributed by atoms with Crippen LogP contribution in [-0.4, -0.2) is 34.6 Å². The topological polar surface area (TPSA) is 113 Å². The van der Waals surface area contributed by atoms with Gasteiger partial charge in [0.25, 0.3) is 11.8 Å². The average molecular weight is 377 g/mol. The number of anilines is 1. The summed E-state index contributed by atoms with van der Waals surface area (Å²) in [7, 11) is 0. The number of halogens is 2. The number of aromatic amines is 1. The van der Waals surface area contributed by atoms with Crippen molar-refractivity contribution in [1.29, 1.82) is 0 Å². The zero-order valence-electron chi connectivity index (χ0n) is 14.6. The first kappa shape index (κ1) is 19.0. The van der Waals surface area contributed by atoms with E-state index in [1.165, 1.54) is 6.20 Å². The van der Waals surface area contributed by atoms with Gasteiger partial charge in [0.1, 0.15) is 17.2 Å². The summed E-state index contributed by atoms with van der Waals surface area (Å²) in [6.07, 6.45) is 4.81. The van der Waals surface area contributed by atoms with E-state index in [2.05, 4.69) is 20.8 Å². The van der Waals surface area contributed by atoms with Gasteiger partial charge in [-0.1, -0.05) is 6.07 Å². The first-order chi connectivity index (χ1) is 13.0. The number of hydrogen-bond donors (Lipinski definition) is 4. The van der Waals surface area contributed by atoms with Crippen LogP contribution in [-0.2, 0) is 0 Å². The van der Waals surface area contributed by atoms with Crippen LogP contribution in [0.3, 0.4) is 0 Å². The molecule has 0 saturated heterocycles. The van der Waals surface area contributed by atoms with Crippen LogP contribution in [0.4, 0.5) is 14.5 Å². The van der Waals surface area contributed by atoms with E-state index >= 15 is 0 Å². The van der Waals surface area contributed by atoms with E-state index in [1.54, 1.807) is 0 Å². The van der Waals surface area contributed by atoms with Gasteiger partial charge in [0.2, 0.25) is 0 Å². The Labute approximate surface area is 154 Å². The molecule has 1 aromatic heterocycles. The maximum atomic E-state index is 13.7. The number of hydrogen-bond acceptors (Lipinski definition) is 4. The molecule has 0 unspecified atom stereocenters. The predicted molar refractivity (Wildman–Crippen MR) is 95.2 cm³/mol. The lowest BCUT2D eigenvalue weighted by Gasteiger charge is -2.28. The van der Waals surface area contributed by atoms with Crippen molar-refractivity contribution in [2.45, 2.75) is 31.7 Å². The molecule has 1 aliphatic rings. The Bertz CT molecular complexity index is 811. The number of benzene rings is 1. The van der Waals surface area contributed by atoms with Gasteiger partial charge in [0.05, 0.1) is 5.69 Å². The lowest BCUT2D eigenvalue weighted by Crippen LogP contribution is -2.39. The van der Waals surface area contributed by atoms with Gasteiger partial charge in [-0.25, -0.2) is 8.78 Å². The molecule has 1 saturated carbocycles.